The van der Waals surface area contributed by atoms with Gasteiger partial charge in [-0.2, -0.15) is 0 Å². The molecule has 1 amide bonds. The zero-order chi connectivity index (χ0) is 11.5. The summed E-state index contributed by atoms with van der Waals surface area (Å²) in [7, 11) is 0. The quantitative estimate of drug-likeness (QED) is 0.790. The van der Waals surface area contributed by atoms with Crippen molar-refractivity contribution >= 4 is 5.91 Å². The highest BCUT2D eigenvalue weighted by molar-refractivity contribution is 5.96. The van der Waals surface area contributed by atoms with Gasteiger partial charge in [0.1, 0.15) is 0 Å². The van der Waals surface area contributed by atoms with Crippen LogP contribution in [0.1, 0.15) is 43.6 Å². The second-order valence-electron chi connectivity index (χ2n) is 4.71. The van der Waals surface area contributed by atoms with Gasteiger partial charge >= 0.3 is 0 Å². The van der Waals surface area contributed by atoms with E-state index in [-0.39, 0.29) is 11.4 Å². The molecule has 0 unspecified atom stereocenters. The summed E-state index contributed by atoms with van der Waals surface area (Å²) in [5, 5.41) is 2.97. The number of aryl methyl sites for hydroxylation is 1. The Morgan fingerprint density at radius 2 is 1.87 bits per heavy atom. The number of benzene rings is 1. The maximum absolute atomic E-state index is 11.9. The molecular weight excluding hydrogens is 186 g/mol. The standard InChI is InChI=1S/C13H19NO/c1-5-10-8-6-7-9-11(10)12(15)14-13(2,3)4/h6-9H,5H2,1-4H3,(H,14,15). The fraction of sp³-hybridized carbons (Fsp3) is 0.462. The summed E-state index contributed by atoms with van der Waals surface area (Å²) >= 11 is 0. The molecule has 0 heterocycles. The third-order valence-electron chi connectivity index (χ3n) is 2.13. The number of hydrogen-bond donors (Lipinski definition) is 1. The zero-order valence-electron chi connectivity index (χ0n) is 9.92. The topological polar surface area (TPSA) is 29.1 Å². The highest BCUT2D eigenvalue weighted by atomic mass is 16.1. The van der Waals surface area contributed by atoms with E-state index in [2.05, 4.69) is 12.2 Å². The molecule has 2 nitrogen and oxygen atoms in total. The number of carbonyl (C=O) groups excluding carboxylic acids is 1. The second kappa shape index (κ2) is 4.47. The Morgan fingerprint density at radius 1 is 1.27 bits per heavy atom. The predicted octanol–water partition coefficient (Wildman–Crippen LogP) is 2.78. The van der Waals surface area contributed by atoms with Crippen LogP contribution in [0.2, 0.25) is 0 Å². The monoisotopic (exact) mass is 205 g/mol. The molecule has 0 saturated heterocycles. The highest BCUT2D eigenvalue weighted by Gasteiger charge is 2.16. The van der Waals surface area contributed by atoms with Crippen LogP contribution >= 0.6 is 0 Å². The molecule has 0 radical (unpaired) electrons. The summed E-state index contributed by atoms with van der Waals surface area (Å²) in [4.78, 5) is 11.9. The largest absolute Gasteiger partial charge is 0.347 e. The first-order valence-electron chi connectivity index (χ1n) is 5.34. The van der Waals surface area contributed by atoms with Crippen molar-refractivity contribution in [2.45, 2.75) is 39.7 Å². The summed E-state index contributed by atoms with van der Waals surface area (Å²) in [6.07, 6.45) is 0.883. The molecule has 2 heteroatoms. The van der Waals surface area contributed by atoms with Crippen LogP contribution in [0.5, 0.6) is 0 Å². The van der Waals surface area contributed by atoms with Crippen LogP contribution in [-0.4, -0.2) is 11.4 Å². The van der Waals surface area contributed by atoms with E-state index in [1.165, 1.54) is 0 Å². The van der Waals surface area contributed by atoms with Crippen LogP contribution in [0.3, 0.4) is 0 Å². The van der Waals surface area contributed by atoms with Crippen molar-refractivity contribution in [3.63, 3.8) is 0 Å². The van der Waals surface area contributed by atoms with Gasteiger partial charge in [-0.3, -0.25) is 4.79 Å². The molecule has 0 fully saturated rings. The minimum atomic E-state index is -0.183. The molecule has 0 atom stereocenters. The molecule has 1 N–H and O–H groups in total. The van der Waals surface area contributed by atoms with Crippen molar-refractivity contribution in [3.8, 4) is 0 Å². The van der Waals surface area contributed by atoms with Gasteiger partial charge in [0, 0.05) is 11.1 Å². The SMILES string of the molecule is CCc1ccccc1C(=O)NC(C)(C)C. The van der Waals surface area contributed by atoms with Crippen molar-refractivity contribution in [2.75, 3.05) is 0 Å². The number of hydrogen-bond acceptors (Lipinski definition) is 1. The molecule has 0 aliphatic carbocycles. The lowest BCUT2D eigenvalue weighted by Crippen LogP contribution is -2.40. The molecule has 0 spiro atoms. The molecule has 1 aromatic rings. The van der Waals surface area contributed by atoms with Crippen molar-refractivity contribution < 1.29 is 4.79 Å². The molecule has 0 aliphatic heterocycles. The molecule has 15 heavy (non-hydrogen) atoms. The predicted molar refractivity (Wildman–Crippen MR) is 63.0 cm³/mol. The van der Waals surface area contributed by atoms with Crippen molar-refractivity contribution in [1.82, 2.24) is 5.32 Å². The van der Waals surface area contributed by atoms with Gasteiger partial charge in [0.05, 0.1) is 0 Å². The first-order chi connectivity index (χ1) is 6.94. The van der Waals surface area contributed by atoms with Gasteiger partial charge in [0.2, 0.25) is 0 Å². The molecular formula is C13H19NO. The Morgan fingerprint density at radius 3 is 2.40 bits per heavy atom. The lowest BCUT2D eigenvalue weighted by Gasteiger charge is -2.21. The van der Waals surface area contributed by atoms with E-state index in [9.17, 15) is 4.79 Å². The summed E-state index contributed by atoms with van der Waals surface area (Å²) in [6.45, 7) is 8.02. The van der Waals surface area contributed by atoms with E-state index < -0.39 is 0 Å². The van der Waals surface area contributed by atoms with E-state index in [0.29, 0.717) is 0 Å². The normalized spacial score (nSPS) is 11.2. The van der Waals surface area contributed by atoms with Crippen molar-refractivity contribution in [1.29, 1.82) is 0 Å². The maximum Gasteiger partial charge on any atom is 0.251 e. The van der Waals surface area contributed by atoms with Crippen molar-refractivity contribution in [3.05, 3.63) is 35.4 Å². The van der Waals surface area contributed by atoms with Gasteiger partial charge < -0.3 is 5.32 Å². The van der Waals surface area contributed by atoms with Gasteiger partial charge in [0.15, 0.2) is 0 Å². The van der Waals surface area contributed by atoms with E-state index in [4.69, 9.17) is 0 Å². The van der Waals surface area contributed by atoms with Crippen LogP contribution < -0.4 is 5.32 Å². The average Bonchev–Trinajstić information content (AvgIpc) is 2.15. The van der Waals surface area contributed by atoms with Crippen LogP contribution in [0.4, 0.5) is 0 Å². The molecule has 1 aromatic carbocycles. The van der Waals surface area contributed by atoms with Crippen LogP contribution in [0.15, 0.2) is 24.3 Å². The van der Waals surface area contributed by atoms with Gasteiger partial charge in [-0.15, -0.1) is 0 Å². The fourth-order valence-electron chi connectivity index (χ4n) is 1.46. The van der Waals surface area contributed by atoms with Gasteiger partial charge in [0.25, 0.3) is 5.91 Å². The third-order valence-corrected chi connectivity index (χ3v) is 2.13. The molecule has 0 saturated carbocycles. The van der Waals surface area contributed by atoms with Gasteiger partial charge in [-0.25, -0.2) is 0 Å². The van der Waals surface area contributed by atoms with Gasteiger partial charge in [-0.05, 0) is 38.8 Å². The third kappa shape index (κ3) is 3.39. The van der Waals surface area contributed by atoms with E-state index in [1.54, 1.807) is 0 Å². The van der Waals surface area contributed by atoms with E-state index in [1.807, 2.05) is 45.0 Å². The van der Waals surface area contributed by atoms with Crippen molar-refractivity contribution in [2.24, 2.45) is 0 Å². The zero-order valence-corrected chi connectivity index (χ0v) is 9.92. The number of amides is 1. The molecule has 82 valence electrons. The molecule has 1 rings (SSSR count). The summed E-state index contributed by atoms with van der Waals surface area (Å²) in [5.74, 6) is 0.0138. The Labute approximate surface area is 91.7 Å². The Balaban J connectivity index is 2.91. The Hall–Kier alpha value is -1.31. The lowest BCUT2D eigenvalue weighted by molar-refractivity contribution is 0.0918. The first-order valence-corrected chi connectivity index (χ1v) is 5.34. The van der Waals surface area contributed by atoms with Gasteiger partial charge in [-0.1, -0.05) is 25.1 Å². The Bertz CT molecular complexity index is 350. The van der Waals surface area contributed by atoms with Crippen LogP contribution in [-0.2, 0) is 6.42 Å². The maximum atomic E-state index is 11.9. The minimum absolute atomic E-state index is 0.0138. The smallest absolute Gasteiger partial charge is 0.251 e. The summed E-state index contributed by atoms with van der Waals surface area (Å²) in [5.41, 5.74) is 1.70. The highest BCUT2D eigenvalue weighted by Crippen LogP contribution is 2.11. The van der Waals surface area contributed by atoms with E-state index >= 15 is 0 Å². The Kier molecular flexibility index (Phi) is 3.51. The number of nitrogens with one attached hydrogen (secondary N) is 1. The van der Waals surface area contributed by atoms with Crippen LogP contribution in [0, 0.1) is 0 Å². The van der Waals surface area contributed by atoms with Crippen LogP contribution in [0.25, 0.3) is 0 Å². The average molecular weight is 205 g/mol. The van der Waals surface area contributed by atoms with E-state index in [0.717, 1.165) is 17.5 Å². The molecule has 0 aromatic heterocycles. The first kappa shape index (κ1) is 11.8. The number of rotatable bonds is 2. The fourth-order valence-corrected chi connectivity index (χ4v) is 1.46. The summed E-state index contributed by atoms with van der Waals surface area (Å²) in [6, 6.07) is 7.74. The summed E-state index contributed by atoms with van der Waals surface area (Å²) < 4.78 is 0. The second-order valence-corrected chi connectivity index (χ2v) is 4.71. The molecule has 0 aliphatic rings. The number of carbonyl (C=O) groups is 1. The lowest BCUT2D eigenvalue weighted by atomic mass is 10.0. The molecule has 0 bridgehead atoms. The minimum Gasteiger partial charge on any atom is -0.347 e.